The van der Waals surface area contributed by atoms with Crippen molar-refractivity contribution in [3.63, 3.8) is 0 Å². The standard InChI is InChI=1S/C29H33N3OS/c1-21-16-22(2)18-25(17-21)32-28(33)27(19-23-10-5-3-6-11-23)30-29(32)31(20-26-14-9-15-34-26)24-12-7-4-8-13-24/h3,5-6,9-11,14-18,24,27H,4,7-8,12-13,19-20H2,1-2H3. The first-order valence-electron chi connectivity index (χ1n) is 12.4. The van der Waals surface area contributed by atoms with Crippen molar-refractivity contribution in [2.45, 2.75) is 71.0 Å². The second kappa shape index (κ2) is 10.1. The molecular weight excluding hydrogens is 438 g/mol. The molecule has 1 aliphatic heterocycles. The highest BCUT2D eigenvalue weighted by molar-refractivity contribution is 7.09. The number of benzene rings is 2. The van der Waals surface area contributed by atoms with Gasteiger partial charge in [0, 0.05) is 17.3 Å². The number of hydrogen-bond donors (Lipinski definition) is 0. The van der Waals surface area contributed by atoms with Gasteiger partial charge in [0.2, 0.25) is 5.96 Å². The average Bonchev–Trinajstić information content (AvgIpc) is 3.46. The number of carbonyl (C=O) groups excluding carboxylic acids is 1. The van der Waals surface area contributed by atoms with Gasteiger partial charge in [0.1, 0.15) is 6.04 Å². The highest BCUT2D eigenvalue weighted by atomic mass is 32.1. The Labute approximate surface area is 206 Å². The Morgan fingerprint density at radius 2 is 1.71 bits per heavy atom. The van der Waals surface area contributed by atoms with Gasteiger partial charge in [-0.2, -0.15) is 0 Å². The fraction of sp³-hybridized carbons (Fsp3) is 0.379. The number of thiophene rings is 1. The van der Waals surface area contributed by atoms with Gasteiger partial charge in [-0.15, -0.1) is 11.3 Å². The van der Waals surface area contributed by atoms with Gasteiger partial charge < -0.3 is 4.90 Å². The van der Waals surface area contributed by atoms with Crippen LogP contribution in [0.3, 0.4) is 0 Å². The third-order valence-electron chi connectivity index (χ3n) is 6.89. The minimum Gasteiger partial charge on any atom is -0.334 e. The second-order valence-corrected chi connectivity index (χ2v) is 10.7. The maximum Gasteiger partial charge on any atom is 0.259 e. The molecule has 3 aromatic rings. The maximum absolute atomic E-state index is 13.9. The third kappa shape index (κ3) is 4.95. The summed E-state index contributed by atoms with van der Waals surface area (Å²) >= 11 is 1.78. The minimum atomic E-state index is -0.396. The van der Waals surface area contributed by atoms with Crippen LogP contribution in [0.1, 0.15) is 53.7 Å². The molecule has 1 unspecified atom stereocenters. The van der Waals surface area contributed by atoms with Crippen LogP contribution in [0, 0.1) is 13.8 Å². The minimum absolute atomic E-state index is 0.0795. The summed E-state index contributed by atoms with van der Waals surface area (Å²) in [6.07, 6.45) is 6.72. The molecule has 1 aliphatic carbocycles. The molecule has 0 radical (unpaired) electrons. The summed E-state index contributed by atoms with van der Waals surface area (Å²) in [4.78, 5) is 24.7. The Balaban J connectivity index is 1.56. The Kier molecular flexibility index (Phi) is 6.82. The van der Waals surface area contributed by atoms with E-state index < -0.39 is 6.04 Å². The van der Waals surface area contributed by atoms with Crippen molar-refractivity contribution < 1.29 is 4.79 Å². The zero-order valence-corrected chi connectivity index (χ0v) is 20.9. The predicted molar refractivity (Wildman–Crippen MR) is 142 cm³/mol. The summed E-state index contributed by atoms with van der Waals surface area (Å²) in [5, 5.41) is 2.13. The van der Waals surface area contributed by atoms with E-state index in [1.807, 2.05) is 23.1 Å². The SMILES string of the molecule is Cc1cc(C)cc(N2C(=O)C(Cc3ccccc3)N=C2N(Cc2cccs2)C2CCCCC2)c1. The Morgan fingerprint density at radius 3 is 2.38 bits per heavy atom. The van der Waals surface area contributed by atoms with Crippen LogP contribution in [0.4, 0.5) is 5.69 Å². The number of amides is 1. The van der Waals surface area contributed by atoms with Crippen molar-refractivity contribution >= 4 is 28.9 Å². The summed E-state index contributed by atoms with van der Waals surface area (Å²) in [6, 6.07) is 21.0. The molecule has 2 heterocycles. The zero-order chi connectivity index (χ0) is 23.5. The van der Waals surface area contributed by atoms with Gasteiger partial charge in [-0.05, 0) is 67.0 Å². The molecular formula is C29H33N3OS. The van der Waals surface area contributed by atoms with E-state index in [0.29, 0.717) is 12.5 Å². The third-order valence-corrected chi connectivity index (χ3v) is 7.75. The Bertz CT molecular complexity index is 1130. The van der Waals surface area contributed by atoms with E-state index in [2.05, 4.69) is 66.6 Å². The quantitative estimate of drug-likeness (QED) is 0.411. The van der Waals surface area contributed by atoms with E-state index in [-0.39, 0.29) is 5.91 Å². The summed E-state index contributed by atoms with van der Waals surface area (Å²) in [5.41, 5.74) is 4.41. The molecule has 5 heteroatoms. The number of carbonyl (C=O) groups is 1. The molecule has 4 nitrogen and oxygen atoms in total. The highest BCUT2D eigenvalue weighted by Crippen LogP contribution is 2.32. The average molecular weight is 472 g/mol. The van der Waals surface area contributed by atoms with Crippen molar-refractivity contribution in [1.29, 1.82) is 0 Å². The topological polar surface area (TPSA) is 35.9 Å². The van der Waals surface area contributed by atoms with Gasteiger partial charge in [-0.3, -0.25) is 4.79 Å². The van der Waals surface area contributed by atoms with Crippen molar-refractivity contribution in [2.24, 2.45) is 4.99 Å². The zero-order valence-electron chi connectivity index (χ0n) is 20.1. The lowest BCUT2D eigenvalue weighted by atomic mass is 9.94. The van der Waals surface area contributed by atoms with Crippen LogP contribution in [-0.2, 0) is 17.8 Å². The fourth-order valence-corrected chi connectivity index (χ4v) is 6.02. The lowest BCUT2D eigenvalue weighted by Crippen LogP contribution is -2.49. The first kappa shape index (κ1) is 22.9. The van der Waals surface area contributed by atoms with Gasteiger partial charge in [0.05, 0.1) is 12.2 Å². The number of aryl methyl sites for hydroxylation is 2. The van der Waals surface area contributed by atoms with E-state index in [1.165, 1.54) is 24.1 Å². The summed E-state index contributed by atoms with van der Waals surface area (Å²) < 4.78 is 0. The van der Waals surface area contributed by atoms with Gasteiger partial charge in [-0.25, -0.2) is 9.89 Å². The molecule has 0 spiro atoms. The lowest BCUT2D eigenvalue weighted by molar-refractivity contribution is -0.118. The molecule has 1 aromatic heterocycles. The molecule has 1 fully saturated rings. The normalized spacial score (nSPS) is 18.9. The van der Waals surface area contributed by atoms with E-state index >= 15 is 0 Å². The van der Waals surface area contributed by atoms with Gasteiger partial charge in [0.25, 0.3) is 5.91 Å². The van der Waals surface area contributed by atoms with Crippen LogP contribution in [0.5, 0.6) is 0 Å². The van der Waals surface area contributed by atoms with E-state index in [0.717, 1.165) is 47.7 Å². The monoisotopic (exact) mass is 471 g/mol. The number of aliphatic imine (C=N–C) groups is 1. The number of rotatable bonds is 6. The first-order chi connectivity index (χ1) is 16.6. The smallest absolute Gasteiger partial charge is 0.259 e. The number of anilines is 1. The second-order valence-electron chi connectivity index (χ2n) is 9.65. The molecule has 2 aliphatic rings. The maximum atomic E-state index is 13.9. The summed E-state index contributed by atoms with van der Waals surface area (Å²) in [5.74, 6) is 0.909. The van der Waals surface area contributed by atoms with E-state index in [4.69, 9.17) is 4.99 Å². The summed E-state index contributed by atoms with van der Waals surface area (Å²) in [7, 11) is 0. The fourth-order valence-electron chi connectivity index (χ4n) is 5.32. The van der Waals surface area contributed by atoms with Crippen molar-refractivity contribution in [3.8, 4) is 0 Å². The predicted octanol–water partition coefficient (Wildman–Crippen LogP) is 6.51. The molecule has 34 heavy (non-hydrogen) atoms. The van der Waals surface area contributed by atoms with Gasteiger partial charge in [-0.1, -0.05) is 61.7 Å². The van der Waals surface area contributed by atoms with Crippen LogP contribution >= 0.6 is 11.3 Å². The molecule has 0 bridgehead atoms. The Hall–Kier alpha value is -2.92. The number of guanidine groups is 1. The van der Waals surface area contributed by atoms with E-state index in [1.54, 1.807) is 11.3 Å². The van der Waals surface area contributed by atoms with Crippen LogP contribution in [0.15, 0.2) is 71.0 Å². The summed E-state index contributed by atoms with van der Waals surface area (Å²) in [6.45, 7) is 4.99. The van der Waals surface area contributed by atoms with Crippen molar-refractivity contribution in [1.82, 2.24) is 4.90 Å². The first-order valence-corrected chi connectivity index (χ1v) is 13.3. The van der Waals surface area contributed by atoms with E-state index in [9.17, 15) is 4.79 Å². The van der Waals surface area contributed by atoms with Crippen LogP contribution in [0.2, 0.25) is 0 Å². The van der Waals surface area contributed by atoms with Crippen LogP contribution < -0.4 is 4.90 Å². The molecule has 0 N–H and O–H groups in total. The van der Waals surface area contributed by atoms with Gasteiger partial charge in [0.15, 0.2) is 0 Å². The number of nitrogens with zero attached hydrogens (tertiary/aromatic N) is 3. The van der Waals surface area contributed by atoms with Crippen LogP contribution in [-0.4, -0.2) is 28.9 Å². The molecule has 1 saturated carbocycles. The van der Waals surface area contributed by atoms with Crippen LogP contribution in [0.25, 0.3) is 0 Å². The molecule has 1 atom stereocenters. The molecule has 5 rings (SSSR count). The molecule has 0 saturated heterocycles. The molecule has 176 valence electrons. The highest BCUT2D eigenvalue weighted by Gasteiger charge is 2.40. The Morgan fingerprint density at radius 1 is 0.971 bits per heavy atom. The number of hydrogen-bond acceptors (Lipinski definition) is 4. The molecule has 2 aromatic carbocycles. The lowest BCUT2D eigenvalue weighted by Gasteiger charge is -2.38. The largest absolute Gasteiger partial charge is 0.334 e. The molecule has 1 amide bonds. The van der Waals surface area contributed by atoms with Crippen molar-refractivity contribution in [3.05, 3.63) is 87.6 Å². The van der Waals surface area contributed by atoms with Crippen molar-refractivity contribution in [2.75, 3.05) is 4.90 Å². The van der Waals surface area contributed by atoms with Gasteiger partial charge >= 0.3 is 0 Å².